The molecule has 1 amide bonds. The van der Waals surface area contributed by atoms with E-state index < -0.39 is 0 Å². The van der Waals surface area contributed by atoms with Gasteiger partial charge in [-0.25, -0.2) is 9.37 Å². The zero-order valence-electron chi connectivity index (χ0n) is 15.8. The van der Waals surface area contributed by atoms with Crippen LogP contribution in [-0.4, -0.2) is 17.4 Å². The number of likely N-dealkylation sites (N-methyl/N-ethyl adjacent to an activating group) is 1. The van der Waals surface area contributed by atoms with Crippen molar-refractivity contribution in [3.05, 3.63) is 82.1 Å². The summed E-state index contributed by atoms with van der Waals surface area (Å²) in [5.41, 5.74) is 2.42. The van der Waals surface area contributed by atoms with Crippen molar-refractivity contribution >= 4 is 29.0 Å². The number of anilines is 1. The molecule has 0 N–H and O–H groups in total. The van der Waals surface area contributed by atoms with Crippen LogP contribution in [0.1, 0.15) is 23.2 Å². The van der Waals surface area contributed by atoms with E-state index in [-0.39, 0.29) is 11.7 Å². The molecule has 0 aliphatic rings. The molecule has 144 valence electrons. The molecule has 1 aromatic heterocycles. The molecule has 0 saturated carbocycles. The van der Waals surface area contributed by atoms with Crippen molar-refractivity contribution in [1.29, 1.82) is 0 Å². The van der Waals surface area contributed by atoms with Crippen molar-refractivity contribution in [2.45, 2.75) is 20.5 Å². The van der Waals surface area contributed by atoms with Gasteiger partial charge in [-0.05, 0) is 61.9 Å². The van der Waals surface area contributed by atoms with E-state index >= 15 is 0 Å². The molecule has 3 rings (SSSR count). The van der Waals surface area contributed by atoms with Crippen LogP contribution in [-0.2, 0) is 11.4 Å². The molecule has 0 saturated heterocycles. The maximum Gasteiger partial charge on any atom is 0.250 e. The smallest absolute Gasteiger partial charge is 0.250 e. The molecule has 0 bridgehead atoms. The van der Waals surface area contributed by atoms with Gasteiger partial charge in [-0.2, -0.15) is 0 Å². The van der Waals surface area contributed by atoms with Crippen LogP contribution in [0.15, 0.2) is 60.0 Å². The highest BCUT2D eigenvalue weighted by Gasteiger charge is 2.11. The lowest BCUT2D eigenvalue weighted by Gasteiger charge is -2.19. The summed E-state index contributed by atoms with van der Waals surface area (Å²) < 4.78 is 18.9. The first kappa shape index (κ1) is 19.8. The first-order valence-electron chi connectivity index (χ1n) is 8.94. The standard InChI is InChI=1S/C22H21FN2O2S/c1-3-25(20-10-8-18(23)9-11-20)22(26)12-7-17-5-4-6-21(13-17)27-14-19-15-28-16(2)24-19/h4-13,15H,3,14H2,1-2H3/b12-7+. The van der Waals surface area contributed by atoms with Gasteiger partial charge in [-0.3, -0.25) is 4.79 Å². The molecule has 0 atom stereocenters. The van der Waals surface area contributed by atoms with Crippen LogP contribution in [0.5, 0.6) is 5.75 Å². The van der Waals surface area contributed by atoms with Crippen LogP contribution in [0.4, 0.5) is 10.1 Å². The number of rotatable bonds is 7. The summed E-state index contributed by atoms with van der Waals surface area (Å²) in [6.07, 6.45) is 3.25. The first-order valence-corrected chi connectivity index (χ1v) is 9.82. The summed E-state index contributed by atoms with van der Waals surface area (Å²) in [7, 11) is 0. The largest absolute Gasteiger partial charge is 0.487 e. The van der Waals surface area contributed by atoms with E-state index in [2.05, 4.69) is 4.98 Å². The van der Waals surface area contributed by atoms with Crippen LogP contribution < -0.4 is 9.64 Å². The Bertz CT molecular complexity index is 967. The summed E-state index contributed by atoms with van der Waals surface area (Å²) in [5.74, 6) is 0.219. The van der Waals surface area contributed by atoms with Gasteiger partial charge in [0.05, 0.1) is 10.7 Å². The Kier molecular flexibility index (Phi) is 6.55. The van der Waals surface area contributed by atoms with Gasteiger partial charge in [0.15, 0.2) is 0 Å². The average molecular weight is 396 g/mol. The summed E-state index contributed by atoms with van der Waals surface area (Å²) in [5, 5.41) is 2.99. The lowest BCUT2D eigenvalue weighted by Crippen LogP contribution is -2.28. The minimum atomic E-state index is -0.326. The molecule has 0 spiro atoms. The van der Waals surface area contributed by atoms with Gasteiger partial charge in [0, 0.05) is 23.7 Å². The van der Waals surface area contributed by atoms with Crippen LogP contribution >= 0.6 is 11.3 Å². The van der Waals surface area contributed by atoms with Gasteiger partial charge in [-0.15, -0.1) is 11.3 Å². The lowest BCUT2D eigenvalue weighted by atomic mass is 10.2. The number of thiazole rings is 1. The Balaban J connectivity index is 1.65. The third-order valence-corrected chi connectivity index (χ3v) is 4.87. The summed E-state index contributed by atoms with van der Waals surface area (Å²) in [6.45, 7) is 4.74. The van der Waals surface area contributed by atoms with Gasteiger partial charge in [0.25, 0.3) is 5.91 Å². The number of halogens is 1. The van der Waals surface area contributed by atoms with E-state index in [4.69, 9.17) is 4.74 Å². The normalized spacial score (nSPS) is 11.0. The summed E-state index contributed by atoms with van der Waals surface area (Å²) in [6, 6.07) is 13.4. The number of nitrogens with zero attached hydrogens (tertiary/aromatic N) is 2. The van der Waals surface area contributed by atoms with Crippen LogP contribution in [0, 0.1) is 12.7 Å². The Labute approximate surface area is 167 Å². The van der Waals surface area contributed by atoms with E-state index in [9.17, 15) is 9.18 Å². The number of amides is 1. The molecule has 3 aromatic rings. The molecule has 0 radical (unpaired) electrons. The molecule has 28 heavy (non-hydrogen) atoms. The topological polar surface area (TPSA) is 42.4 Å². The minimum Gasteiger partial charge on any atom is -0.487 e. The fourth-order valence-electron chi connectivity index (χ4n) is 2.68. The number of carbonyl (C=O) groups is 1. The molecule has 6 heteroatoms. The van der Waals surface area contributed by atoms with Crippen molar-refractivity contribution in [2.75, 3.05) is 11.4 Å². The van der Waals surface area contributed by atoms with E-state index in [1.54, 1.807) is 34.4 Å². The van der Waals surface area contributed by atoms with E-state index in [1.807, 2.05) is 43.5 Å². The van der Waals surface area contributed by atoms with Crippen molar-refractivity contribution < 1.29 is 13.9 Å². The van der Waals surface area contributed by atoms with E-state index in [0.29, 0.717) is 24.6 Å². The Hall–Kier alpha value is -2.99. The summed E-state index contributed by atoms with van der Waals surface area (Å²) >= 11 is 1.59. The van der Waals surface area contributed by atoms with Crippen LogP contribution in [0.2, 0.25) is 0 Å². The predicted octanol–water partition coefficient (Wildman–Crippen LogP) is 5.24. The first-order chi connectivity index (χ1) is 13.5. The highest BCUT2D eigenvalue weighted by Crippen LogP contribution is 2.18. The number of aryl methyl sites for hydroxylation is 1. The third kappa shape index (κ3) is 5.27. The van der Waals surface area contributed by atoms with E-state index in [1.165, 1.54) is 18.2 Å². The second-order valence-corrected chi connectivity index (χ2v) is 7.17. The third-order valence-electron chi connectivity index (χ3n) is 4.05. The zero-order chi connectivity index (χ0) is 19.9. The quantitative estimate of drug-likeness (QED) is 0.513. The minimum absolute atomic E-state index is 0.168. The Morgan fingerprint density at radius 1 is 1.25 bits per heavy atom. The van der Waals surface area contributed by atoms with Crippen molar-refractivity contribution in [3.8, 4) is 5.75 Å². The molecule has 4 nitrogen and oxygen atoms in total. The monoisotopic (exact) mass is 396 g/mol. The number of aromatic nitrogens is 1. The maximum absolute atomic E-state index is 13.1. The number of carbonyl (C=O) groups excluding carboxylic acids is 1. The fourth-order valence-corrected chi connectivity index (χ4v) is 3.28. The molecule has 0 aliphatic carbocycles. The lowest BCUT2D eigenvalue weighted by molar-refractivity contribution is -0.114. The zero-order valence-corrected chi connectivity index (χ0v) is 16.6. The van der Waals surface area contributed by atoms with Gasteiger partial charge in [-0.1, -0.05) is 12.1 Å². The Morgan fingerprint density at radius 2 is 2.04 bits per heavy atom. The molecule has 0 unspecified atom stereocenters. The Morgan fingerprint density at radius 3 is 2.71 bits per heavy atom. The highest BCUT2D eigenvalue weighted by molar-refractivity contribution is 7.09. The molecular formula is C22H21FN2O2S. The van der Waals surface area contributed by atoms with Crippen LogP contribution in [0.3, 0.4) is 0 Å². The predicted molar refractivity (Wildman–Crippen MR) is 111 cm³/mol. The second-order valence-electron chi connectivity index (χ2n) is 6.11. The average Bonchev–Trinajstić information content (AvgIpc) is 3.12. The van der Waals surface area contributed by atoms with Gasteiger partial charge in [0.1, 0.15) is 18.2 Å². The molecule has 0 fully saturated rings. The summed E-state index contributed by atoms with van der Waals surface area (Å²) in [4.78, 5) is 18.5. The van der Waals surface area contributed by atoms with Crippen LogP contribution in [0.25, 0.3) is 6.08 Å². The number of benzene rings is 2. The molecule has 1 heterocycles. The molecular weight excluding hydrogens is 375 g/mol. The van der Waals surface area contributed by atoms with Crippen molar-refractivity contribution in [1.82, 2.24) is 4.98 Å². The molecule has 2 aromatic carbocycles. The number of hydrogen-bond acceptors (Lipinski definition) is 4. The van der Waals surface area contributed by atoms with E-state index in [0.717, 1.165) is 16.3 Å². The highest BCUT2D eigenvalue weighted by atomic mass is 32.1. The number of ether oxygens (including phenoxy) is 1. The van der Waals surface area contributed by atoms with Gasteiger partial charge >= 0.3 is 0 Å². The van der Waals surface area contributed by atoms with Gasteiger partial charge in [0.2, 0.25) is 0 Å². The fraction of sp³-hybridized carbons (Fsp3) is 0.182. The number of hydrogen-bond donors (Lipinski definition) is 0. The maximum atomic E-state index is 13.1. The second kappa shape index (κ2) is 9.28. The van der Waals surface area contributed by atoms with Gasteiger partial charge < -0.3 is 9.64 Å². The van der Waals surface area contributed by atoms with Crippen molar-refractivity contribution in [3.63, 3.8) is 0 Å². The SMILES string of the molecule is CCN(C(=O)/C=C/c1cccc(OCc2csc(C)n2)c1)c1ccc(F)cc1. The molecule has 0 aliphatic heterocycles. The van der Waals surface area contributed by atoms with Crippen molar-refractivity contribution in [2.24, 2.45) is 0 Å².